The predicted octanol–water partition coefficient (Wildman–Crippen LogP) is 1.01. The largest absolute Gasteiger partial charge is 0.483 e. The van der Waals surface area contributed by atoms with Gasteiger partial charge < -0.3 is 9.47 Å². The Balaban J connectivity index is 1.79. The maximum absolute atomic E-state index is 5.29. The maximum atomic E-state index is 5.29. The van der Waals surface area contributed by atoms with Crippen LogP contribution in [0, 0.1) is 0 Å². The Morgan fingerprint density at radius 1 is 1.80 bits per heavy atom. The number of rotatable bonds is 3. The van der Waals surface area contributed by atoms with Gasteiger partial charge >= 0.3 is 0 Å². The quantitative estimate of drug-likeness (QED) is 0.426. The van der Waals surface area contributed by atoms with E-state index in [1.165, 1.54) is 0 Å². The molecule has 1 fully saturated rings. The van der Waals surface area contributed by atoms with Gasteiger partial charge in [-0.3, -0.25) is 0 Å². The molecule has 0 aromatic rings. The topological polar surface area (TPSA) is 21.8 Å². The molecule has 0 N–H and O–H groups in total. The van der Waals surface area contributed by atoms with Gasteiger partial charge in [-0.05, 0) is 12.2 Å². The first-order valence-corrected chi connectivity index (χ1v) is 3.33. The second kappa shape index (κ2) is 2.33. The van der Waals surface area contributed by atoms with Gasteiger partial charge in [-0.1, -0.05) is 11.8 Å². The molecule has 2 rings (SSSR count). The predicted molar refractivity (Wildman–Crippen MR) is 36.4 cm³/mol. The SMILES string of the molecule is C1=CC=CC=1OCC1CO1. The summed E-state index contributed by atoms with van der Waals surface area (Å²) in [4.78, 5) is 0. The average Bonchev–Trinajstić information content (AvgIpc) is 2.63. The van der Waals surface area contributed by atoms with E-state index in [4.69, 9.17) is 9.47 Å². The minimum Gasteiger partial charge on any atom is -0.483 e. The minimum absolute atomic E-state index is 0.336. The summed E-state index contributed by atoms with van der Waals surface area (Å²) in [5, 5.41) is 0. The van der Waals surface area contributed by atoms with Crippen molar-refractivity contribution in [1.82, 2.24) is 0 Å². The fourth-order valence-electron chi connectivity index (χ4n) is 0.751. The summed E-state index contributed by atoms with van der Waals surface area (Å²) in [6, 6.07) is 0. The van der Waals surface area contributed by atoms with Gasteiger partial charge in [0, 0.05) is 0 Å². The summed E-state index contributed by atoms with van der Waals surface area (Å²) >= 11 is 0. The molecule has 0 aromatic heterocycles. The summed E-state index contributed by atoms with van der Waals surface area (Å²) in [6.07, 6.45) is 5.97. The van der Waals surface area contributed by atoms with Crippen LogP contribution in [-0.4, -0.2) is 19.3 Å². The van der Waals surface area contributed by atoms with E-state index in [1.54, 1.807) is 0 Å². The first-order chi connectivity index (χ1) is 4.95. The van der Waals surface area contributed by atoms with Crippen molar-refractivity contribution in [3.8, 4) is 0 Å². The van der Waals surface area contributed by atoms with Crippen LogP contribution < -0.4 is 0 Å². The Kier molecular flexibility index (Phi) is 1.35. The summed E-state index contributed by atoms with van der Waals surface area (Å²) in [7, 11) is 0. The number of hydrogen-bond acceptors (Lipinski definition) is 2. The summed E-state index contributed by atoms with van der Waals surface area (Å²) in [5.74, 6) is 0.815. The van der Waals surface area contributed by atoms with Crippen molar-refractivity contribution in [1.29, 1.82) is 0 Å². The van der Waals surface area contributed by atoms with Crippen LogP contribution in [-0.2, 0) is 9.47 Å². The summed E-state index contributed by atoms with van der Waals surface area (Å²) in [6.45, 7) is 1.52. The molecule has 2 nitrogen and oxygen atoms in total. The van der Waals surface area contributed by atoms with Crippen LogP contribution in [0.1, 0.15) is 0 Å². The Morgan fingerprint density at radius 2 is 2.70 bits per heavy atom. The molecule has 52 valence electrons. The molecule has 10 heavy (non-hydrogen) atoms. The average molecular weight is 136 g/mol. The third-order valence-electron chi connectivity index (χ3n) is 1.40. The van der Waals surface area contributed by atoms with Crippen molar-refractivity contribution >= 4 is 0 Å². The van der Waals surface area contributed by atoms with Gasteiger partial charge in [0.1, 0.15) is 12.7 Å². The molecule has 1 aliphatic heterocycles. The number of ether oxygens (including phenoxy) is 2. The third-order valence-corrected chi connectivity index (χ3v) is 1.40. The fourth-order valence-corrected chi connectivity index (χ4v) is 0.751. The number of hydrogen-bond donors (Lipinski definition) is 0. The van der Waals surface area contributed by atoms with E-state index in [-0.39, 0.29) is 0 Å². The molecule has 0 aromatic carbocycles. The van der Waals surface area contributed by atoms with Crippen LogP contribution in [0.4, 0.5) is 0 Å². The lowest BCUT2D eigenvalue weighted by Gasteiger charge is -1.98. The van der Waals surface area contributed by atoms with Crippen LogP contribution in [0.5, 0.6) is 0 Å². The first kappa shape index (κ1) is 5.78. The fraction of sp³-hybridized carbons (Fsp3) is 0.375. The molecule has 0 radical (unpaired) electrons. The lowest BCUT2D eigenvalue weighted by molar-refractivity contribution is 0.194. The molecule has 2 heteroatoms. The highest BCUT2D eigenvalue weighted by molar-refractivity contribution is 5.24. The smallest absolute Gasteiger partial charge is 0.162 e. The van der Waals surface area contributed by atoms with Crippen LogP contribution in [0.2, 0.25) is 0 Å². The Morgan fingerprint density at radius 3 is 3.30 bits per heavy atom. The molecule has 0 bridgehead atoms. The molecule has 1 heterocycles. The van der Waals surface area contributed by atoms with Gasteiger partial charge in [0.15, 0.2) is 5.76 Å². The van der Waals surface area contributed by atoms with E-state index in [1.807, 2.05) is 18.2 Å². The molecular weight excluding hydrogens is 128 g/mol. The monoisotopic (exact) mass is 136 g/mol. The van der Waals surface area contributed by atoms with Gasteiger partial charge in [-0.2, -0.15) is 0 Å². The van der Waals surface area contributed by atoms with E-state index in [9.17, 15) is 0 Å². The van der Waals surface area contributed by atoms with Crippen LogP contribution in [0.25, 0.3) is 0 Å². The highest BCUT2D eigenvalue weighted by atomic mass is 16.6. The van der Waals surface area contributed by atoms with E-state index < -0.39 is 0 Å². The van der Waals surface area contributed by atoms with E-state index in [0.717, 1.165) is 12.4 Å². The Hall–Kier alpha value is -0.980. The van der Waals surface area contributed by atoms with E-state index >= 15 is 0 Å². The van der Waals surface area contributed by atoms with E-state index in [0.29, 0.717) is 12.7 Å². The highest BCUT2D eigenvalue weighted by Crippen LogP contribution is 2.12. The van der Waals surface area contributed by atoms with Crippen molar-refractivity contribution in [2.75, 3.05) is 13.2 Å². The third kappa shape index (κ3) is 1.29. The summed E-state index contributed by atoms with van der Waals surface area (Å²) in [5.41, 5.74) is 2.94. The minimum atomic E-state index is 0.336. The molecule has 0 spiro atoms. The highest BCUT2D eigenvalue weighted by Gasteiger charge is 2.23. The molecule has 0 amide bonds. The zero-order valence-corrected chi connectivity index (χ0v) is 5.54. The van der Waals surface area contributed by atoms with Crippen LogP contribution >= 0.6 is 0 Å². The van der Waals surface area contributed by atoms with Gasteiger partial charge in [0.2, 0.25) is 0 Å². The Labute approximate surface area is 59.4 Å². The standard InChI is InChI=1S/C8H8O2/c1-2-4-7(3-1)9-5-8-6-10-8/h1-3,8H,5-6H2. The van der Waals surface area contributed by atoms with Crippen molar-refractivity contribution in [3.63, 3.8) is 0 Å². The number of epoxide rings is 1. The molecule has 1 unspecified atom stereocenters. The molecule has 1 atom stereocenters. The normalized spacial score (nSPS) is 26.8. The lowest BCUT2D eigenvalue weighted by Crippen LogP contribution is -1.98. The van der Waals surface area contributed by atoms with Gasteiger partial charge in [0.25, 0.3) is 0 Å². The van der Waals surface area contributed by atoms with E-state index in [2.05, 4.69) is 5.73 Å². The summed E-state index contributed by atoms with van der Waals surface area (Å²) < 4.78 is 10.3. The van der Waals surface area contributed by atoms with Gasteiger partial charge in [0.05, 0.1) is 6.61 Å². The molecule has 0 saturated carbocycles. The van der Waals surface area contributed by atoms with Crippen molar-refractivity contribution in [2.24, 2.45) is 0 Å². The molecule has 2 aliphatic rings. The maximum Gasteiger partial charge on any atom is 0.162 e. The lowest BCUT2D eigenvalue weighted by atomic mass is 10.5. The molecular formula is C8H8O2. The van der Waals surface area contributed by atoms with Crippen LogP contribution in [0.15, 0.2) is 29.7 Å². The second-order valence-corrected chi connectivity index (χ2v) is 2.30. The van der Waals surface area contributed by atoms with Gasteiger partial charge in [-0.15, -0.1) is 0 Å². The molecule has 1 saturated heterocycles. The van der Waals surface area contributed by atoms with Crippen LogP contribution in [0.3, 0.4) is 0 Å². The second-order valence-electron chi connectivity index (χ2n) is 2.30. The zero-order valence-electron chi connectivity index (χ0n) is 5.54. The van der Waals surface area contributed by atoms with Crippen molar-refractivity contribution in [3.05, 3.63) is 29.7 Å². The first-order valence-electron chi connectivity index (χ1n) is 3.33. The molecule has 1 aliphatic carbocycles. The Bertz CT molecular complexity index is 217. The number of allylic oxidation sites excluding steroid dienone is 2. The van der Waals surface area contributed by atoms with Gasteiger partial charge in [-0.25, -0.2) is 0 Å². The van der Waals surface area contributed by atoms with Crippen molar-refractivity contribution in [2.45, 2.75) is 6.10 Å². The zero-order chi connectivity index (χ0) is 6.81. The van der Waals surface area contributed by atoms with Crippen molar-refractivity contribution < 1.29 is 9.47 Å².